The van der Waals surface area contributed by atoms with E-state index in [9.17, 15) is 19.5 Å². The summed E-state index contributed by atoms with van der Waals surface area (Å²) in [5.41, 5.74) is 4.06. The van der Waals surface area contributed by atoms with Crippen LogP contribution in [0.25, 0.3) is 11.0 Å². The lowest BCUT2D eigenvalue weighted by Crippen LogP contribution is -2.49. The third-order valence-corrected chi connectivity index (χ3v) is 6.64. The van der Waals surface area contributed by atoms with Crippen molar-refractivity contribution in [3.63, 3.8) is 0 Å². The van der Waals surface area contributed by atoms with Crippen LogP contribution in [0.1, 0.15) is 22.3 Å². The smallest absolute Gasteiger partial charge is 0.409 e. The first-order valence-electron chi connectivity index (χ1n) is 13.0. The molecule has 0 bridgehead atoms. The van der Waals surface area contributed by atoms with Crippen LogP contribution < -0.4 is 20.4 Å². The number of hydrogen-bond acceptors (Lipinski definition) is 7. The lowest BCUT2D eigenvalue weighted by Gasteiger charge is -2.36. The minimum absolute atomic E-state index is 0.0222. The van der Waals surface area contributed by atoms with Gasteiger partial charge in [0.1, 0.15) is 12.8 Å². The number of nitrogens with zero attached hydrogens (tertiary/aromatic N) is 3. The van der Waals surface area contributed by atoms with Crippen LogP contribution in [0.3, 0.4) is 0 Å². The maximum Gasteiger partial charge on any atom is 0.409 e. The highest BCUT2D eigenvalue weighted by molar-refractivity contribution is 5.95. The van der Waals surface area contributed by atoms with Crippen molar-refractivity contribution < 1.29 is 24.2 Å². The zero-order valence-corrected chi connectivity index (χ0v) is 21.7. The number of alkyl carbamates (subject to hydrolysis) is 1. The predicted molar refractivity (Wildman–Crippen MR) is 150 cm³/mol. The fourth-order valence-corrected chi connectivity index (χ4v) is 4.55. The first-order valence-corrected chi connectivity index (χ1v) is 13.0. The number of anilines is 2. The van der Waals surface area contributed by atoms with E-state index in [-0.39, 0.29) is 6.61 Å². The minimum Gasteiger partial charge on any atom is -0.481 e. The van der Waals surface area contributed by atoms with E-state index in [0.717, 1.165) is 54.4 Å². The first kappa shape index (κ1) is 26.5. The molecule has 11 heteroatoms. The number of amides is 2. The molecule has 4 N–H and O–H groups in total. The fraction of sp³-hybridized carbons (Fsp3) is 0.241. The monoisotopic (exact) mass is 542 g/mol. The normalized spacial score (nSPS) is 14.0. The Morgan fingerprint density at radius 1 is 0.875 bits per heavy atom. The van der Waals surface area contributed by atoms with E-state index in [0.29, 0.717) is 5.56 Å². The molecule has 3 aromatic carbocycles. The van der Waals surface area contributed by atoms with E-state index < -0.39 is 30.6 Å². The Balaban J connectivity index is 1.13. The molecule has 1 unspecified atom stereocenters. The number of aromatic nitrogens is 2. The molecule has 1 aromatic heterocycles. The molecule has 1 saturated heterocycles. The number of piperazine rings is 1. The molecule has 1 atom stereocenters. The van der Waals surface area contributed by atoms with Crippen molar-refractivity contribution in [2.24, 2.45) is 0 Å². The number of nitrogens with one attached hydrogen (secondary N) is 3. The number of fused-ring (bicyclic) bond motifs is 1. The van der Waals surface area contributed by atoms with Gasteiger partial charge in [-0.25, -0.2) is 9.78 Å². The molecule has 0 saturated carbocycles. The number of hydrogen-bond donors (Lipinski definition) is 4. The maximum absolute atomic E-state index is 12.8. The Morgan fingerprint density at radius 2 is 1.55 bits per heavy atom. The fourth-order valence-electron chi connectivity index (χ4n) is 4.55. The Morgan fingerprint density at radius 3 is 2.25 bits per heavy atom. The van der Waals surface area contributed by atoms with Gasteiger partial charge in [0.15, 0.2) is 0 Å². The predicted octanol–water partition coefficient (Wildman–Crippen LogP) is 3.35. The van der Waals surface area contributed by atoms with Gasteiger partial charge < -0.3 is 35.3 Å². The molecule has 0 radical (unpaired) electrons. The number of imidazole rings is 1. The number of carboxylic acids is 1. The Bertz CT molecular complexity index is 1430. The second-order valence-electron chi connectivity index (χ2n) is 9.43. The molecule has 1 aliphatic rings. The van der Waals surface area contributed by atoms with Crippen LogP contribution in [0.2, 0.25) is 0 Å². The molecule has 40 heavy (non-hydrogen) atoms. The number of carboxylic acid groups (broad SMARTS) is 1. The molecular weight excluding hydrogens is 512 g/mol. The SMILES string of the molecule is O=C(O)CC(NC(=O)OCc1ccccc1)NC(=O)c1ccc(N2CCN(c3nc4ccccc4[nH]3)CC2)cc1. The van der Waals surface area contributed by atoms with Gasteiger partial charge >= 0.3 is 12.1 Å². The van der Waals surface area contributed by atoms with Crippen LogP contribution in [-0.4, -0.2) is 65.4 Å². The van der Waals surface area contributed by atoms with Crippen molar-refractivity contribution >= 4 is 40.6 Å². The molecule has 2 heterocycles. The Kier molecular flexibility index (Phi) is 8.10. The van der Waals surface area contributed by atoms with E-state index in [1.165, 1.54) is 0 Å². The van der Waals surface area contributed by atoms with Gasteiger partial charge in [0.2, 0.25) is 5.95 Å². The number of aromatic amines is 1. The average molecular weight is 543 g/mol. The number of H-pyrrole nitrogens is 1. The second kappa shape index (κ2) is 12.2. The lowest BCUT2D eigenvalue weighted by atomic mass is 10.1. The highest BCUT2D eigenvalue weighted by Gasteiger charge is 2.22. The summed E-state index contributed by atoms with van der Waals surface area (Å²) in [6, 6.07) is 24.1. The van der Waals surface area contributed by atoms with Gasteiger partial charge in [0.25, 0.3) is 5.91 Å². The summed E-state index contributed by atoms with van der Waals surface area (Å²) in [7, 11) is 0. The largest absolute Gasteiger partial charge is 0.481 e. The molecular formula is C29H30N6O5. The van der Waals surface area contributed by atoms with Crippen LogP contribution in [-0.2, 0) is 16.1 Å². The molecule has 1 fully saturated rings. The van der Waals surface area contributed by atoms with Gasteiger partial charge in [-0.05, 0) is 42.0 Å². The maximum atomic E-state index is 12.8. The van der Waals surface area contributed by atoms with Gasteiger partial charge in [-0.1, -0.05) is 42.5 Å². The minimum atomic E-state index is -1.18. The van der Waals surface area contributed by atoms with E-state index in [1.54, 1.807) is 24.3 Å². The third kappa shape index (κ3) is 6.68. The number of aliphatic carboxylic acids is 1. The molecule has 1 aliphatic heterocycles. The van der Waals surface area contributed by atoms with Crippen molar-refractivity contribution in [2.75, 3.05) is 36.0 Å². The topological polar surface area (TPSA) is 140 Å². The van der Waals surface area contributed by atoms with Crippen LogP contribution >= 0.6 is 0 Å². The number of benzene rings is 3. The summed E-state index contributed by atoms with van der Waals surface area (Å²) in [4.78, 5) is 48.9. The average Bonchev–Trinajstić information content (AvgIpc) is 3.41. The van der Waals surface area contributed by atoms with Crippen LogP contribution in [0.4, 0.5) is 16.4 Å². The summed E-state index contributed by atoms with van der Waals surface area (Å²) in [5, 5.41) is 14.2. The highest BCUT2D eigenvalue weighted by Crippen LogP contribution is 2.22. The molecule has 0 spiro atoms. The molecule has 2 amide bonds. The number of ether oxygens (including phenoxy) is 1. The van der Waals surface area contributed by atoms with Gasteiger partial charge in [0, 0.05) is 37.4 Å². The van der Waals surface area contributed by atoms with Gasteiger partial charge in [-0.2, -0.15) is 0 Å². The quantitative estimate of drug-likeness (QED) is 0.236. The van der Waals surface area contributed by atoms with Crippen molar-refractivity contribution in [3.8, 4) is 0 Å². The van der Waals surface area contributed by atoms with E-state index in [4.69, 9.17) is 4.74 Å². The van der Waals surface area contributed by atoms with Crippen LogP contribution in [0, 0.1) is 0 Å². The van der Waals surface area contributed by atoms with Crippen molar-refractivity contribution in [1.82, 2.24) is 20.6 Å². The Labute approximate surface area is 230 Å². The summed E-state index contributed by atoms with van der Waals surface area (Å²) in [6.45, 7) is 3.20. The standard InChI is InChI=1S/C29H30N6O5/c36-26(37)18-25(33-29(39)40-19-20-6-2-1-3-7-20)32-27(38)21-10-12-22(13-11-21)34-14-16-35(17-15-34)28-30-23-8-4-5-9-24(23)31-28/h1-13,25H,14-19H2,(H,30,31)(H,32,38)(H,33,39)(H,36,37). The first-order chi connectivity index (χ1) is 19.4. The summed E-state index contributed by atoms with van der Waals surface area (Å²) in [6.07, 6.45) is -2.47. The van der Waals surface area contributed by atoms with Gasteiger partial charge in [-0.15, -0.1) is 0 Å². The number of carbonyl (C=O) groups excluding carboxylic acids is 2. The van der Waals surface area contributed by atoms with E-state index in [2.05, 4.69) is 30.4 Å². The van der Waals surface area contributed by atoms with Crippen LogP contribution in [0.15, 0.2) is 78.9 Å². The number of carbonyl (C=O) groups is 3. The van der Waals surface area contributed by atoms with Gasteiger partial charge in [-0.3, -0.25) is 9.59 Å². The summed E-state index contributed by atoms with van der Waals surface area (Å²) in [5.74, 6) is -0.817. The lowest BCUT2D eigenvalue weighted by molar-refractivity contribution is -0.137. The summed E-state index contributed by atoms with van der Waals surface area (Å²) >= 11 is 0. The molecule has 5 rings (SSSR count). The number of para-hydroxylation sites is 2. The molecule has 0 aliphatic carbocycles. The van der Waals surface area contributed by atoms with Crippen molar-refractivity contribution in [3.05, 3.63) is 90.0 Å². The third-order valence-electron chi connectivity index (χ3n) is 6.64. The molecule has 206 valence electrons. The number of rotatable bonds is 9. The van der Waals surface area contributed by atoms with Gasteiger partial charge in [0.05, 0.1) is 17.5 Å². The van der Waals surface area contributed by atoms with Crippen LogP contribution in [0.5, 0.6) is 0 Å². The highest BCUT2D eigenvalue weighted by atomic mass is 16.5. The second-order valence-corrected chi connectivity index (χ2v) is 9.43. The van der Waals surface area contributed by atoms with E-state index >= 15 is 0 Å². The zero-order valence-electron chi connectivity index (χ0n) is 21.7. The molecule has 4 aromatic rings. The summed E-state index contributed by atoms with van der Waals surface area (Å²) < 4.78 is 5.15. The molecule has 11 nitrogen and oxygen atoms in total. The van der Waals surface area contributed by atoms with E-state index in [1.807, 2.05) is 54.6 Å². The van der Waals surface area contributed by atoms with Crippen molar-refractivity contribution in [1.29, 1.82) is 0 Å². The zero-order chi connectivity index (χ0) is 27.9. The Hall–Kier alpha value is -5.06. The van der Waals surface area contributed by atoms with Crippen molar-refractivity contribution in [2.45, 2.75) is 19.2 Å².